The van der Waals surface area contributed by atoms with Crippen LogP contribution in [0.15, 0.2) is 30.5 Å². The number of benzene rings is 1. The summed E-state index contributed by atoms with van der Waals surface area (Å²) in [5.74, 6) is -1.40. The molecule has 0 unspecified atom stereocenters. The van der Waals surface area contributed by atoms with Crippen molar-refractivity contribution in [1.29, 1.82) is 0 Å². The van der Waals surface area contributed by atoms with E-state index in [-0.39, 0.29) is 18.1 Å². The Bertz CT molecular complexity index is 651. The number of carbonyl (C=O) groups is 2. The first-order valence-electron chi connectivity index (χ1n) is 6.50. The number of hydrogen-bond acceptors (Lipinski definition) is 4. The van der Waals surface area contributed by atoms with Gasteiger partial charge in [-0.05, 0) is 18.9 Å². The summed E-state index contributed by atoms with van der Waals surface area (Å²) in [4.78, 5) is 22.3. The molecule has 0 radical (unpaired) electrons. The average molecular weight is 288 g/mol. The first-order chi connectivity index (χ1) is 10.0. The number of aryl methyl sites for hydroxylation is 1. The SMILES string of the molecule is Cc1cccc(CCNC(=O)c2cn(CC(=O)O)nn2)c1. The normalized spacial score (nSPS) is 10.3. The third-order valence-electron chi connectivity index (χ3n) is 2.85. The van der Waals surface area contributed by atoms with Gasteiger partial charge in [0.1, 0.15) is 6.54 Å². The molecule has 1 amide bonds. The van der Waals surface area contributed by atoms with Gasteiger partial charge in [-0.15, -0.1) is 5.10 Å². The van der Waals surface area contributed by atoms with Crippen LogP contribution in [0.1, 0.15) is 21.6 Å². The molecule has 0 aliphatic heterocycles. The largest absolute Gasteiger partial charge is 0.480 e. The highest BCUT2D eigenvalue weighted by molar-refractivity contribution is 5.91. The molecule has 1 aromatic carbocycles. The van der Waals surface area contributed by atoms with E-state index in [0.717, 1.165) is 16.7 Å². The zero-order valence-corrected chi connectivity index (χ0v) is 11.6. The first-order valence-corrected chi connectivity index (χ1v) is 6.50. The Morgan fingerprint density at radius 1 is 1.38 bits per heavy atom. The van der Waals surface area contributed by atoms with Gasteiger partial charge in [-0.2, -0.15) is 0 Å². The molecular weight excluding hydrogens is 272 g/mol. The van der Waals surface area contributed by atoms with Crippen LogP contribution in [0.2, 0.25) is 0 Å². The highest BCUT2D eigenvalue weighted by Gasteiger charge is 2.11. The molecule has 110 valence electrons. The van der Waals surface area contributed by atoms with Crippen LogP contribution in [-0.4, -0.2) is 38.5 Å². The summed E-state index contributed by atoms with van der Waals surface area (Å²) >= 11 is 0. The van der Waals surface area contributed by atoms with Crippen LogP contribution in [0.4, 0.5) is 0 Å². The molecule has 0 aliphatic carbocycles. The van der Waals surface area contributed by atoms with Crippen molar-refractivity contribution in [3.63, 3.8) is 0 Å². The lowest BCUT2D eigenvalue weighted by atomic mass is 10.1. The van der Waals surface area contributed by atoms with Crippen molar-refractivity contribution in [2.24, 2.45) is 0 Å². The summed E-state index contributed by atoms with van der Waals surface area (Å²) in [6, 6.07) is 8.06. The Hall–Kier alpha value is -2.70. The number of carboxylic acid groups (broad SMARTS) is 1. The van der Waals surface area contributed by atoms with Gasteiger partial charge in [0.25, 0.3) is 5.91 Å². The molecule has 0 saturated heterocycles. The van der Waals surface area contributed by atoms with Crippen molar-refractivity contribution in [2.45, 2.75) is 19.9 Å². The van der Waals surface area contributed by atoms with Crippen LogP contribution in [0, 0.1) is 6.92 Å². The van der Waals surface area contributed by atoms with Gasteiger partial charge in [0.2, 0.25) is 0 Å². The number of amides is 1. The summed E-state index contributed by atoms with van der Waals surface area (Å²) in [7, 11) is 0. The summed E-state index contributed by atoms with van der Waals surface area (Å²) < 4.78 is 1.11. The molecule has 0 aliphatic rings. The maximum atomic E-state index is 11.8. The molecule has 7 nitrogen and oxygen atoms in total. The summed E-state index contributed by atoms with van der Waals surface area (Å²) in [5, 5.41) is 18.6. The van der Waals surface area contributed by atoms with Gasteiger partial charge < -0.3 is 10.4 Å². The summed E-state index contributed by atoms with van der Waals surface area (Å²) in [6.45, 7) is 2.18. The molecule has 21 heavy (non-hydrogen) atoms. The monoisotopic (exact) mass is 288 g/mol. The van der Waals surface area contributed by atoms with Crippen LogP contribution in [-0.2, 0) is 17.8 Å². The van der Waals surface area contributed by atoms with Crippen molar-refractivity contribution in [3.8, 4) is 0 Å². The highest BCUT2D eigenvalue weighted by Crippen LogP contribution is 2.04. The number of carboxylic acids is 1. The molecular formula is C14H16N4O3. The van der Waals surface area contributed by atoms with Gasteiger partial charge in [-0.1, -0.05) is 35.0 Å². The minimum atomic E-state index is -1.04. The molecule has 1 heterocycles. The Labute approximate surface area is 121 Å². The fourth-order valence-electron chi connectivity index (χ4n) is 1.90. The molecule has 2 aromatic rings. The maximum Gasteiger partial charge on any atom is 0.325 e. The number of aliphatic carboxylic acids is 1. The van der Waals surface area contributed by atoms with Crippen molar-refractivity contribution < 1.29 is 14.7 Å². The van der Waals surface area contributed by atoms with Gasteiger partial charge in [0.05, 0.1) is 6.20 Å². The van der Waals surface area contributed by atoms with E-state index in [9.17, 15) is 9.59 Å². The zero-order valence-electron chi connectivity index (χ0n) is 11.6. The minimum Gasteiger partial charge on any atom is -0.480 e. The van der Waals surface area contributed by atoms with Crippen LogP contribution in [0.5, 0.6) is 0 Å². The van der Waals surface area contributed by atoms with Crippen LogP contribution in [0.25, 0.3) is 0 Å². The van der Waals surface area contributed by atoms with E-state index in [0.29, 0.717) is 6.54 Å². The van der Waals surface area contributed by atoms with Crippen molar-refractivity contribution >= 4 is 11.9 Å². The van der Waals surface area contributed by atoms with Crippen molar-refractivity contribution in [3.05, 3.63) is 47.3 Å². The van der Waals surface area contributed by atoms with Gasteiger partial charge >= 0.3 is 5.97 Å². The van der Waals surface area contributed by atoms with E-state index in [4.69, 9.17) is 5.11 Å². The lowest BCUT2D eigenvalue weighted by molar-refractivity contribution is -0.137. The maximum absolute atomic E-state index is 11.8. The van der Waals surface area contributed by atoms with Gasteiger partial charge in [-0.3, -0.25) is 9.59 Å². The Morgan fingerprint density at radius 3 is 2.90 bits per heavy atom. The predicted molar refractivity (Wildman–Crippen MR) is 74.9 cm³/mol. The number of nitrogens with zero attached hydrogens (tertiary/aromatic N) is 3. The summed E-state index contributed by atoms with van der Waals surface area (Å²) in [6.07, 6.45) is 2.03. The van der Waals surface area contributed by atoms with Crippen LogP contribution >= 0.6 is 0 Å². The van der Waals surface area contributed by atoms with E-state index in [1.165, 1.54) is 11.8 Å². The molecule has 7 heteroatoms. The first kappa shape index (κ1) is 14.7. The fraction of sp³-hybridized carbons (Fsp3) is 0.286. The third kappa shape index (κ3) is 4.41. The van der Waals surface area contributed by atoms with E-state index in [1.807, 2.05) is 25.1 Å². The summed E-state index contributed by atoms with van der Waals surface area (Å²) in [5.41, 5.74) is 2.43. The number of rotatable bonds is 6. The standard InChI is InChI=1S/C14H16N4O3/c1-10-3-2-4-11(7-10)5-6-15-14(21)12-8-18(17-16-12)9-13(19)20/h2-4,7-8H,5-6,9H2,1H3,(H,15,21)(H,19,20). The lowest BCUT2D eigenvalue weighted by Gasteiger charge is -2.04. The fourth-order valence-corrected chi connectivity index (χ4v) is 1.90. The topological polar surface area (TPSA) is 97.1 Å². The molecule has 1 aromatic heterocycles. The Kier molecular flexibility index (Phi) is 4.65. The Balaban J connectivity index is 1.84. The van der Waals surface area contributed by atoms with E-state index in [1.54, 1.807) is 0 Å². The average Bonchev–Trinajstić information content (AvgIpc) is 2.86. The van der Waals surface area contributed by atoms with Crippen molar-refractivity contribution in [1.82, 2.24) is 20.3 Å². The second-order valence-corrected chi connectivity index (χ2v) is 4.69. The quantitative estimate of drug-likeness (QED) is 0.813. The zero-order chi connectivity index (χ0) is 15.2. The minimum absolute atomic E-state index is 0.112. The van der Waals surface area contributed by atoms with Gasteiger partial charge in [-0.25, -0.2) is 4.68 Å². The van der Waals surface area contributed by atoms with Gasteiger partial charge in [0.15, 0.2) is 5.69 Å². The smallest absolute Gasteiger partial charge is 0.325 e. The van der Waals surface area contributed by atoms with Crippen molar-refractivity contribution in [2.75, 3.05) is 6.54 Å². The third-order valence-corrected chi connectivity index (χ3v) is 2.85. The van der Waals surface area contributed by atoms with Gasteiger partial charge in [0, 0.05) is 6.54 Å². The second kappa shape index (κ2) is 6.65. The number of aromatic nitrogens is 3. The second-order valence-electron chi connectivity index (χ2n) is 4.69. The predicted octanol–water partition coefficient (Wildman–Crippen LogP) is 0.644. The molecule has 2 rings (SSSR count). The van der Waals surface area contributed by atoms with E-state index >= 15 is 0 Å². The lowest BCUT2D eigenvalue weighted by Crippen LogP contribution is -2.26. The van der Waals surface area contributed by atoms with Crippen LogP contribution in [0.3, 0.4) is 0 Å². The Morgan fingerprint density at radius 2 is 2.19 bits per heavy atom. The molecule has 0 spiro atoms. The van der Waals surface area contributed by atoms with E-state index in [2.05, 4.69) is 21.7 Å². The molecule has 0 saturated carbocycles. The van der Waals surface area contributed by atoms with Crippen LogP contribution < -0.4 is 5.32 Å². The highest BCUT2D eigenvalue weighted by atomic mass is 16.4. The number of hydrogen-bond donors (Lipinski definition) is 2. The number of carbonyl (C=O) groups excluding carboxylic acids is 1. The molecule has 2 N–H and O–H groups in total. The van der Waals surface area contributed by atoms with E-state index < -0.39 is 5.97 Å². The molecule has 0 bridgehead atoms. The number of nitrogens with one attached hydrogen (secondary N) is 1. The molecule has 0 fully saturated rings. The molecule has 0 atom stereocenters.